The van der Waals surface area contributed by atoms with Gasteiger partial charge in [-0.2, -0.15) is 12.6 Å². The Morgan fingerprint density at radius 3 is 1.81 bits per heavy atom. The Bertz CT molecular complexity index is 1800. The molecular formula is C43H71N9O14S2. The minimum Gasteiger partial charge on any atom is -0.480 e. The first-order valence-corrected chi connectivity index (χ1v) is 24.2. The Labute approximate surface area is 405 Å². The fourth-order valence-electron chi connectivity index (χ4n) is 6.70. The Morgan fingerprint density at radius 2 is 1.25 bits per heavy atom. The number of carbonyl (C=O) groups excluding carboxylic acids is 7. The Morgan fingerprint density at radius 1 is 0.691 bits per heavy atom. The van der Waals surface area contributed by atoms with Gasteiger partial charge in [0.15, 0.2) is 0 Å². The monoisotopic (exact) mass is 1000 g/mol. The SMILES string of the molecule is CC(C)CC(NC(=O)C(CCCCN)NC(=O)C(C)NC(=O)CNC(=O)CNC(=O)C(CCCCN)NC(=O)C(CS)NC(=O)c1ccc(CCS[C@@H]2O[C@H](CO)[C@@H](O)[C@H](O)[C@H]2O)cc1)C(=O)O. The second kappa shape index (κ2) is 31.5. The summed E-state index contributed by atoms with van der Waals surface area (Å²) in [6.07, 6.45) is -2.41. The van der Waals surface area contributed by atoms with Crippen molar-refractivity contribution < 1.29 is 68.6 Å². The van der Waals surface area contributed by atoms with Crippen LogP contribution in [0.5, 0.6) is 0 Å². The molecule has 0 saturated carbocycles. The lowest BCUT2D eigenvalue weighted by atomic mass is 10.0. The van der Waals surface area contributed by atoms with E-state index in [-0.39, 0.29) is 36.5 Å². The quantitative estimate of drug-likeness (QED) is 0.0252. The van der Waals surface area contributed by atoms with E-state index in [4.69, 9.17) is 16.2 Å². The van der Waals surface area contributed by atoms with E-state index in [1.54, 1.807) is 38.1 Å². The number of rotatable bonds is 31. The number of hydrogen-bond acceptors (Lipinski definition) is 17. The number of amides is 7. The lowest BCUT2D eigenvalue weighted by Gasteiger charge is -2.39. The van der Waals surface area contributed by atoms with Gasteiger partial charge in [-0.05, 0) is 101 Å². The first-order valence-electron chi connectivity index (χ1n) is 22.6. The largest absolute Gasteiger partial charge is 0.480 e. The van der Waals surface area contributed by atoms with Crippen molar-refractivity contribution in [3.05, 3.63) is 35.4 Å². The lowest BCUT2D eigenvalue weighted by Crippen LogP contribution is -2.57. The van der Waals surface area contributed by atoms with Gasteiger partial charge in [-0.15, -0.1) is 11.8 Å². The van der Waals surface area contributed by atoms with Gasteiger partial charge in [0.2, 0.25) is 35.4 Å². The molecule has 68 heavy (non-hydrogen) atoms. The van der Waals surface area contributed by atoms with Gasteiger partial charge < -0.3 is 79.0 Å². The molecule has 0 radical (unpaired) electrons. The summed E-state index contributed by atoms with van der Waals surface area (Å²) < 4.78 is 5.51. The average Bonchev–Trinajstić information content (AvgIpc) is 3.30. The van der Waals surface area contributed by atoms with Crippen LogP contribution < -0.4 is 48.7 Å². The summed E-state index contributed by atoms with van der Waals surface area (Å²) in [5.41, 5.74) is 11.4. The number of aliphatic hydroxyl groups excluding tert-OH is 4. The molecule has 10 atom stereocenters. The molecule has 0 spiro atoms. The lowest BCUT2D eigenvalue weighted by molar-refractivity contribution is -0.205. The molecule has 1 aromatic carbocycles. The normalized spacial score (nSPS) is 20.1. The number of nitrogens with one attached hydrogen (secondary N) is 7. The molecule has 1 fully saturated rings. The van der Waals surface area contributed by atoms with Crippen LogP contribution in [0.3, 0.4) is 0 Å². The molecule has 1 heterocycles. The molecule has 1 aromatic rings. The highest BCUT2D eigenvalue weighted by Gasteiger charge is 2.43. The van der Waals surface area contributed by atoms with Gasteiger partial charge in [-0.1, -0.05) is 26.0 Å². The van der Waals surface area contributed by atoms with Crippen molar-refractivity contribution in [2.75, 3.05) is 44.3 Å². The maximum Gasteiger partial charge on any atom is 0.326 e. The number of aliphatic carboxylic acids is 1. The molecule has 384 valence electrons. The van der Waals surface area contributed by atoms with Crippen LogP contribution >= 0.6 is 24.4 Å². The van der Waals surface area contributed by atoms with Crippen LogP contribution in [0.4, 0.5) is 0 Å². The fraction of sp³-hybridized carbons (Fsp3) is 0.674. The van der Waals surface area contributed by atoms with Crippen LogP contribution in [0, 0.1) is 5.92 Å². The van der Waals surface area contributed by atoms with Gasteiger partial charge in [0.05, 0.1) is 19.7 Å². The van der Waals surface area contributed by atoms with Crippen LogP contribution in [-0.2, 0) is 44.7 Å². The van der Waals surface area contributed by atoms with Crippen molar-refractivity contribution in [3.63, 3.8) is 0 Å². The molecule has 0 aliphatic carbocycles. The average molecular weight is 1000 g/mol. The third-order valence-corrected chi connectivity index (χ3v) is 12.2. The molecular weight excluding hydrogens is 931 g/mol. The third kappa shape index (κ3) is 21.0. The zero-order chi connectivity index (χ0) is 50.9. The van der Waals surface area contributed by atoms with Gasteiger partial charge in [-0.25, -0.2) is 4.79 Å². The first kappa shape index (κ1) is 59.5. The van der Waals surface area contributed by atoms with E-state index in [0.717, 1.165) is 5.56 Å². The van der Waals surface area contributed by atoms with E-state index < -0.39 is 127 Å². The second-order valence-corrected chi connectivity index (χ2v) is 18.3. The number of aryl methyl sites for hydroxylation is 1. The zero-order valence-electron chi connectivity index (χ0n) is 38.7. The van der Waals surface area contributed by atoms with E-state index in [0.29, 0.717) is 50.9 Å². The molecule has 1 saturated heterocycles. The predicted molar refractivity (Wildman–Crippen MR) is 254 cm³/mol. The van der Waals surface area contributed by atoms with Gasteiger partial charge in [0.1, 0.15) is 60.1 Å². The van der Waals surface area contributed by atoms with Crippen molar-refractivity contribution in [3.8, 4) is 0 Å². The van der Waals surface area contributed by atoms with Crippen molar-refractivity contribution in [2.45, 2.75) is 132 Å². The summed E-state index contributed by atoms with van der Waals surface area (Å²) in [4.78, 5) is 103. The van der Waals surface area contributed by atoms with Crippen molar-refractivity contribution in [2.24, 2.45) is 17.4 Å². The van der Waals surface area contributed by atoms with E-state index in [2.05, 4.69) is 49.8 Å². The van der Waals surface area contributed by atoms with Crippen LogP contribution in [-0.4, -0.2) is 177 Å². The smallest absolute Gasteiger partial charge is 0.326 e. The molecule has 23 nitrogen and oxygen atoms in total. The van der Waals surface area contributed by atoms with Gasteiger partial charge in [0.25, 0.3) is 5.91 Å². The highest BCUT2D eigenvalue weighted by Crippen LogP contribution is 2.29. The van der Waals surface area contributed by atoms with E-state index in [1.165, 1.54) is 18.7 Å². The zero-order valence-corrected chi connectivity index (χ0v) is 40.4. The minimum atomic E-state index is -1.48. The van der Waals surface area contributed by atoms with Crippen molar-refractivity contribution in [1.82, 2.24) is 37.2 Å². The summed E-state index contributed by atoms with van der Waals surface area (Å²) in [5, 5.41) is 66.6. The van der Waals surface area contributed by atoms with Gasteiger partial charge in [-0.3, -0.25) is 33.6 Å². The summed E-state index contributed by atoms with van der Waals surface area (Å²) in [7, 11) is 0. The summed E-state index contributed by atoms with van der Waals surface area (Å²) in [6.45, 7) is 3.90. The number of carboxylic acids is 1. The molecule has 1 aliphatic heterocycles. The summed E-state index contributed by atoms with van der Waals surface area (Å²) >= 11 is 5.41. The molecule has 1 aliphatic rings. The number of carbonyl (C=O) groups is 8. The topological polar surface area (TPSA) is 383 Å². The third-order valence-electron chi connectivity index (χ3n) is 10.7. The van der Waals surface area contributed by atoms with Crippen LogP contribution in [0.15, 0.2) is 24.3 Å². The fourth-order valence-corrected chi connectivity index (χ4v) is 8.13. The number of hydrogen-bond donors (Lipinski definition) is 15. The van der Waals surface area contributed by atoms with Gasteiger partial charge in [0, 0.05) is 11.3 Å². The van der Waals surface area contributed by atoms with Crippen LogP contribution in [0.1, 0.15) is 81.6 Å². The van der Waals surface area contributed by atoms with E-state index >= 15 is 0 Å². The molecule has 0 aromatic heterocycles. The number of nitrogens with two attached hydrogens (primary N) is 2. The summed E-state index contributed by atoms with van der Waals surface area (Å²) in [5.74, 6) is -5.99. The second-order valence-electron chi connectivity index (χ2n) is 16.7. The highest BCUT2D eigenvalue weighted by molar-refractivity contribution is 7.99. The molecule has 25 heteroatoms. The molecule has 2 rings (SSSR count). The van der Waals surface area contributed by atoms with E-state index in [1.807, 2.05) is 0 Å². The summed E-state index contributed by atoms with van der Waals surface area (Å²) in [6, 6.07) is 0.722. The molecule has 7 amide bonds. The number of thioether (sulfide) groups is 1. The number of unbranched alkanes of at least 4 members (excludes halogenated alkanes) is 2. The molecule has 0 bridgehead atoms. The minimum absolute atomic E-state index is 0.0342. The number of carboxylic acid groups (broad SMARTS) is 1. The maximum absolute atomic E-state index is 13.3. The Kier molecular flexibility index (Phi) is 27.6. The van der Waals surface area contributed by atoms with E-state index in [9.17, 15) is 63.9 Å². The van der Waals surface area contributed by atoms with Crippen LogP contribution in [0.2, 0.25) is 0 Å². The van der Waals surface area contributed by atoms with Crippen molar-refractivity contribution >= 4 is 71.7 Å². The molecule has 5 unspecified atom stereocenters. The van der Waals surface area contributed by atoms with Crippen molar-refractivity contribution in [1.29, 1.82) is 0 Å². The van der Waals surface area contributed by atoms with Crippen LogP contribution in [0.25, 0.3) is 0 Å². The first-order chi connectivity index (χ1) is 32.3. The number of aliphatic hydroxyl groups is 4. The molecule has 16 N–H and O–H groups in total. The predicted octanol–water partition coefficient (Wildman–Crippen LogP) is -3.63. The number of benzene rings is 1. The standard InChI is InChI=1S/C43H71N9O14S2/c1-23(2)18-29(42(64)65)51-40(62)28(9-5-7-16-45)49-37(59)24(3)48-33(55)20-46-32(54)19-47-39(61)27(8-4-6-15-44)50-41(63)30(22-67)52-38(60)26-12-10-25(11-13-26)14-17-68-43-36(58)35(57)34(56)31(21-53)66-43/h10-13,23-24,27-31,34-36,43,53,56-58,67H,4-9,14-22,44-45H2,1-3H3,(H,46,54)(H,47,61)(H,48,55)(H,49,59)(H,50,63)(H,51,62)(H,52,60)(H,64,65)/t24?,27?,28?,29?,30?,31-,34-,35+,36-,43+/m1/s1. The number of thiol groups is 1. The maximum atomic E-state index is 13.3. The number of ether oxygens (including phenoxy) is 1. The Hall–Kier alpha value is -4.60. The highest BCUT2D eigenvalue weighted by atomic mass is 32.2. The Balaban J connectivity index is 1.90. The van der Waals surface area contributed by atoms with Gasteiger partial charge >= 0.3 is 5.97 Å².